The number of sulfone groups is 2. The lowest BCUT2D eigenvalue weighted by atomic mass is 10.1. The first-order valence-corrected chi connectivity index (χ1v) is 12.1. The molecule has 0 aromatic heterocycles. The summed E-state index contributed by atoms with van der Waals surface area (Å²) in [6, 6.07) is 6.95. The second-order valence-electron chi connectivity index (χ2n) is 5.42. The minimum absolute atomic E-state index is 0.0573. The molecule has 2 aliphatic heterocycles. The third-order valence-electron chi connectivity index (χ3n) is 3.49. The van der Waals surface area contributed by atoms with Crippen LogP contribution in [-0.4, -0.2) is 38.1 Å². The van der Waals surface area contributed by atoms with E-state index in [4.69, 9.17) is 0 Å². The van der Waals surface area contributed by atoms with Crippen LogP contribution >= 0.6 is 23.5 Å². The molecule has 0 saturated carbocycles. The predicted octanol–water partition coefficient (Wildman–Crippen LogP) is 3.12. The zero-order chi connectivity index (χ0) is 17.3. The molecular formula is C14H10N2O4S4. The number of rotatable bonds is 0. The Morgan fingerprint density at radius 1 is 0.708 bits per heavy atom. The largest absolute Gasteiger partial charge is 0.229 e. The van der Waals surface area contributed by atoms with Gasteiger partial charge in [0.05, 0.1) is 11.4 Å². The van der Waals surface area contributed by atoms with Crippen LogP contribution in [-0.2, 0) is 19.7 Å². The van der Waals surface area contributed by atoms with Gasteiger partial charge in [0.2, 0.25) is 0 Å². The minimum Gasteiger partial charge on any atom is -0.229 e. The van der Waals surface area contributed by atoms with Crippen molar-refractivity contribution in [2.75, 3.05) is 12.5 Å². The highest BCUT2D eigenvalue weighted by Gasteiger charge is 2.28. The summed E-state index contributed by atoms with van der Waals surface area (Å²) in [4.78, 5) is 10.1. The lowest BCUT2D eigenvalue weighted by Gasteiger charge is -2.21. The van der Waals surface area contributed by atoms with E-state index in [0.717, 1.165) is 56.6 Å². The topological polar surface area (TPSA) is 93.0 Å². The van der Waals surface area contributed by atoms with Crippen molar-refractivity contribution in [1.29, 1.82) is 0 Å². The van der Waals surface area contributed by atoms with E-state index in [9.17, 15) is 16.8 Å². The molecule has 0 atom stereocenters. The third-order valence-corrected chi connectivity index (χ3v) is 8.91. The molecule has 2 aromatic carbocycles. The summed E-state index contributed by atoms with van der Waals surface area (Å²) >= 11 is 2.20. The average Bonchev–Trinajstić information content (AvgIpc) is 2.50. The quantitative estimate of drug-likeness (QED) is 0.677. The van der Waals surface area contributed by atoms with Gasteiger partial charge in [-0.15, -0.1) is 0 Å². The molecule has 0 spiro atoms. The standard InChI is InChI=1S/C14H10N2O4S4/c1-23(17,18)13-15-7-3-6-10-12-8(4-5-9(21-13)11(7)12)16-14(22-10)24(2,19)20/h3-6H,1-2H3. The van der Waals surface area contributed by atoms with Crippen LogP contribution in [0.1, 0.15) is 0 Å². The van der Waals surface area contributed by atoms with Crippen LogP contribution in [0, 0.1) is 0 Å². The predicted molar refractivity (Wildman–Crippen MR) is 99.5 cm³/mol. The zero-order valence-electron chi connectivity index (χ0n) is 12.5. The van der Waals surface area contributed by atoms with E-state index < -0.39 is 19.7 Å². The van der Waals surface area contributed by atoms with Crippen molar-refractivity contribution >= 4 is 74.1 Å². The Kier molecular flexibility index (Phi) is 3.41. The molecule has 0 amide bonds. The van der Waals surface area contributed by atoms with E-state index in [-0.39, 0.29) is 8.75 Å². The summed E-state index contributed by atoms with van der Waals surface area (Å²) in [5, 5.41) is 1.62. The number of thioether (sulfide) groups is 2. The highest BCUT2D eigenvalue weighted by Crippen LogP contribution is 2.50. The van der Waals surface area contributed by atoms with Crippen molar-refractivity contribution in [2.24, 2.45) is 9.98 Å². The van der Waals surface area contributed by atoms with Crippen molar-refractivity contribution < 1.29 is 16.8 Å². The van der Waals surface area contributed by atoms with Gasteiger partial charge in [0.15, 0.2) is 28.4 Å². The molecule has 0 fully saturated rings. The molecule has 0 radical (unpaired) electrons. The molecule has 0 unspecified atom stereocenters. The molecule has 2 aromatic rings. The summed E-state index contributed by atoms with van der Waals surface area (Å²) in [5.41, 5.74) is 1.12. The summed E-state index contributed by atoms with van der Waals surface area (Å²) < 4.78 is 47.4. The molecule has 124 valence electrons. The Balaban J connectivity index is 2.05. The first-order chi connectivity index (χ1) is 11.1. The maximum absolute atomic E-state index is 11.8. The summed E-state index contributed by atoms with van der Waals surface area (Å²) in [6.07, 6.45) is 2.26. The van der Waals surface area contributed by atoms with Crippen molar-refractivity contribution in [2.45, 2.75) is 9.79 Å². The molecule has 2 heterocycles. The van der Waals surface area contributed by atoms with Crippen LogP contribution in [0.5, 0.6) is 0 Å². The maximum Gasteiger partial charge on any atom is 0.199 e. The Morgan fingerprint density at radius 2 is 1.08 bits per heavy atom. The monoisotopic (exact) mass is 398 g/mol. The fraction of sp³-hybridized carbons (Fsp3) is 0.143. The molecule has 10 heteroatoms. The molecular weight excluding hydrogens is 388 g/mol. The van der Waals surface area contributed by atoms with E-state index in [2.05, 4.69) is 9.98 Å². The van der Waals surface area contributed by atoms with Crippen LogP contribution in [0.15, 0.2) is 44.0 Å². The summed E-state index contributed by atoms with van der Waals surface area (Å²) in [7, 11) is -6.81. The first-order valence-electron chi connectivity index (χ1n) is 6.67. The number of benzene rings is 2. The van der Waals surface area contributed by atoms with Crippen LogP contribution < -0.4 is 0 Å². The van der Waals surface area contributed by atoms with E-state index in [1.165, 1.54) is 0 Å². The summed E-state index contributed by atoms with van der Waals surface area (Å²) in [6.45, 7) is 0. The van der Waals surface area contributed by atoms with E-state index in [1.54, 1.807) is 24.3 Å². The SMILES string of the molecule is CS(=O)(=O)C1=Nc2ccc3c4c(ccc(c24)S1)N=C(S(C)(=O)=O)S3. The lowest BCUT2D eigenvalue weighted by Crippen LogP contribution is -2.12. The van der Waals surface area contributed by atoms with Gasteiger partial charge in [-0.1, -0.05) is 23.5 Å². The third kappa shape index (κ3) is 2.48. The fourth-order valence-corrected chi connectivity index (χ4v) is 6.33. The Labute approximate surface area is 147 Å². The number of hydrogen-bond acceptors (Lipinski definition) is 8. The first kappa shape index (κ1) is 16.1. The molecule has 0 saturated heterocycles. The second kappa shape index (κ2) is 5.07. The van der Waals surface area contributed by atoms with Gasteiger partial charge in [0.25, 0.3) is 0 Å². The zero-order valence-corrected chi connectivity index (χ0v) is 15.7. The normalized spacial score (nSPS) is 16.8. The van der Waals surface area contributed by atoms with Crippen LogP contribution in [0.2, 0.25) is 0 Å². The van der Waals surface area contributed by atoms with Crippen LogP contribution in [0.25, 0.3) is 10.8 Å². The van der Waals surface area contributed by atoms with Gasteiger partial charge in [-0.2, -0.15) is 0 Å². The van der Waals surface area contributed by atoms with Gasteiger partial charge in [0.1, 0.15) is 0 Å². The van der Waals surface area contributed by atoms with Crippen molar-refractivity contribution in [3.05, 3.63) is 24.3 Å². The van der Waals surface area contributed by atoms with E-state index >= 15 is 0 Å². The van der Waals surface area contributed by atoms with Gasteiger partial charge in [0, 0.05) is 33.1 Å². The molecule has 0 aliphatic carbocycles. The molecule has 6 nitrogen and oxygen atoms in total. The van der Waals surface area contributed by atoms with Crippen LogP contribution in [0.3, 0.4) is 0 Å². The minimum atomic E-state index is -3.40. The molecule has 0 N–H and O–H groups in total. The molecule has 4 rings (SSSR count). The van der Waals surface area contributed by atoms with Gasteiger partial charge in [-0.05, 0) is 24.3 Å². The van der Waals surface area contributed by atoms with Crippen molar-refractivity contribution in [3.63, 3.8) is 0 Å². The Bertz CT molecular complexity index is 1100. The van der Waals surface area contributed by atoms with Crippen LogP contribution in [0.4, 0.5) is 11.4 Å². The van der Waals surface area contributed by atoms with Crippen molar-refractivity contribution in [1.82, 2.24) is 0 Å². The average molecular weight is 399 g/mol. The van der Waals surface area contributed by atoms with Gasteiger partial charge in [-0.3, -0.25) is 0 Å². The molecule has 24 heavy (non-hydrogen) atoms. The van der Waals surface area contributed by atoms with Crippen molar-refractivity contribution in [3.8, 4) is 0 Å². The van der Waals surface area contributed by atoms with Gasteiger partial charge >= 0.3 is 0 Å². The Morgan fingerprint density at radius 3 is 1.42 bits per heavy atom. The number of hydrogen-bond donors (Lipinski definition) is 0. The smallest absolute Gasteiger partial charge is 0.199 e. The fourth-order valence-electron chi connectivity index (χ4n) is 2.50. The molecule has 0 bridgehead atoms. The number of nitrogens with zero attached hydrogens (tertiary/aromatic N) is 2. The highest BCUT2D eigenvalue weighted by atomic mass is 32.3. The van der Waals surface area contributed by atoms with Gasteiger partial charge in [-0.25, -0.2) is 26.8 Å². The van der Waals surface area contributed by atoms with E-state index in [0.29, 0.717) is 11.4 Å². The highest BCUT2D eigenvalue weighted by molar-refractivity contribution is 8.35. The van der Waals surface area contributed by atoms with E-state index in [1.807, 2.05) is 0 Å². The summed E-state index contributed by atoms with van der Waals surface area (Å²) in [5.74, 6) is 0. The lowest BCUT2D eigenvalue weighted by molar-refractivity contribution is 0.611. The van der Waals surface area contributed by atoms with Gasteiger partial charge < -0.3 is 0 Å². The molecule has 2 aliphatic rings. The number of aliphatic imine (C=N–C) groups is 2. The second-order valence-corrected chi connectivity index (χ2v) is 11.9. The maximum atomic E-state index is 11.8. The Hall–Kier alpha value is -1.36.